The molecule has 2 N–H and O–H groups in total. The van der Waals surface area contributed by atoms with Crippen LogP contribution in [0.2, 0.25) is 0 Å². The van der Waals surface area contributed by atoms with Crippen LogP contribution in [0.3, 0.4) is 0 Å². The highest BCUT2D eigenvalue weighted by Crippen LogP contribution is 2.32. The lowest BCUT2D eigenvalue weighted by atomic mass is 9.96. The minimum atomic E-state index is -0.216. The van der Waals surface area contributed by atoms with Crippen LogP contribution in [-0.4, -0.2) is 54.3 Å². The number of nitrogens with one attached hydrogen (secondary N) is 2. The molecule has 3 fully saturated rings. The third kappa shape index (κ3) is 5.19. The summed E-state index contributed by atoms with van der Waals surface area (Å²) in [7, 11) is 1.88. The molecule has 2 heterocycles. The van der Waals surface area contributed by atoms with Crippen molar-refractivity contribution in [1.29, 1.82) is 0 Å². The second kappa shape index (κ2) is 9.43. The zero-order chi connectivity index (χ0) is 21.1. The molecular formula is C23H33FN4O2. The molecule has 0 aromatic heterocycles. The summed E-state index contributed by atoms with van der Waals surface area (Å²) in [6.07, 6.45) is 6.68. The van der Waals surface area contributed by atoms with E-state index in [1.165, 1.54) is 12.1 Å². The van der Waals surface area contributed by atoms with Gasteiger partial charge in [-0.2, -0.15) is 0 Å². The van der Waals surface area contributed by atoms with E-state index < -0.39 is 0 Å². The van der Waals surface area contributed by atoms with Crippen molar-refractivity contribution >= 4 is 11.8 Å². The van der Waals surface area contributed by atoms with Crippen molar-refractivity contribution in [2.24, 2.45) is 11.8 Å². The van der Waals surface area contributed by atoms with E-state index in [-0.39, 0.29) is 35.5 Å². The number of hydrazine groups is 1. The van der Waals surface area contributed by atoms with E-state index in [1.807, 2.05) is 29.0 Å². The quantitative estimate of drug-likeness (QED) is 0.717. The SMILES string of the molecule is CN(CCCC1CC(c2ccc(F)cc2)NN1)C(=O)C1CCCN(C(=O)C2CC2)C1. The van der Waals surface area contributed by atoms with E-state index in [4.69, 9.17) is 0 Å². The lowest BCUT2D eigenvalue weighted by Crippen LogP contribution is -2.46. The zero-order valence-electron chi connectivity index (χ0n) is 17.8. The number of hydrogen-bond donors (Lipinski definition) is 2. The standard InChI is InChI=1S/C23H33FN4O2/c1-27(22(29)18-4-2-13-28(15-18)23(30)17-6-7-17)12-3-5-20-14-21(26-25-20)16-8-10-19(24)11-9-16/h8-11,17-18,20-21,25-26H,2-7,12-15H2,1H3. The summed E-state index contributed by atoms with van der Waals surface area (Å²) in [5.41, 5.74) is 7.71. The topological polar surface area (TPSA) is 64.7 Å². The Morgan fingerprint density at radius 2 is 1.90 bits per heavy atom. The molecular weight excluding hydrogens is 383 g/mol. The Bertz CT molecular complexity index is 752. The molecule has 3 atom stereocenters. The van der Waals surface area contributed by atoms with Crippen molar-refractivity contribution in [3.63, 3.8) is 0 Å². The number of piperidine rings is 1. The van der Waals surface area contributed by atoms with E-state index in [2.05, 4.69) is 10.9 Å². The summed E-state index contributed by atoms with van der Waals surface area (Å²) in [4.78, 5) is 29.0. The maximum atomic E-state index is 13.1. The molecule has 1 saturated carbocycles. The van der Waals surface area contributed by atoms with Gasteiger partial charge in [0.15, 0.2) is 0 Å². The van der Waals surface area contributed by atoms with Crippen molar-refractivity contribution in [2.45, 2.75) is 57.0 Å². The van der Waals surface area contributed by atoms with Crippen LogP contribution >= 0.6 is 0 Å². The zero-order valence-corrected chi connectivity index (χ0v) is 17.8. The monoisotopic (exact) mass is 416 g/mol. The number of carbonyl (C=O) groups is 2. The Labute approximate surface area is 178 Å². The Balaban J connectivity index is 1.18. The number of carbonyl (C=O) groups excluding carboxylic acids is 2. The van der Waals surface area contributed by atoms with Crippen LogP contribution in [0.4, 0.5) is 4.39 Å². The predicted molar refractivity (Wildman–Crippen MR) is 113 cm³/mol. The molecule has 3 aliphatic rings. The predicted octanol–water partition coefficient (Wildman–Crippen LogP) is 2.62. The van der Waals surface area contributed by atoms with Gasteiger partial charge in [-0.1, -0.05) is 12.1 Å². The summed E-state index contributed by atoms with van der Waals surface area (Å²) in [5.74, 6) is 0.381. The first kappa shape index (κ1) is 21.2. The minimum absolute atomic E-state index is 0.0550. The fourth-order valence-electron chi connectivity index (χ4n) is 4.69. The number of hydrogen-bond acceptors (Lipinski definition) is 4. The van der Waals surface area contributed by atoms with Gasteiger partial charge in [-0.15, -0.1) is 0 Å². The average Bonchev–Trinajstić information content (AvgIpc) is 3.51. The van der Waals surface area contributed by atoms with E-state index >= 15 is 0 Å². The fraction of sp³-hybridized carbons (Fsp3) is 0.652. The van der Waals surface area contributed by atoms with Crippen LogP contribution in [-0.2, 0) is 9.59 Å². The minimum Gasteiger partial charge on any atom is -0.345 e. The molecule has 1 aromatic rings. The van der Waals surface area contributed by atoms with Crippen LogP contribution in [0.15, 0.2) is 24.3 Å². The lowest BCUT2D eigenvalue weighted by Gasteiger charge is -2.34. The molecule has 0 radical (unpaired) electrons. The van der Waals surface area contributed by atoms with Gasteiger partial charge in [0, 0.05) is 44.7 Å². The second-order valence-corrected chi connectivity index (χ2v) is 9.13. The Morgan fingerprint density at radius 1 is 1.13 bits per heavy atom. The molecule has 2 amide bonds. The molecule has 164 valence electrons. The number of rotatable bonds is 7. The first-order valence-corrected chi connectivity index (χ1v) is 11.3. The van der Waals surface area contributed by atoms with Crippen molar-refractivity contribution < 1.29 is 14.0 Å². The van der Waals surface area contributed by atoms with Crippen LogP contribution in [0.1, 0.15) is 56.6 Å². The number of benzene rings is 1. The Hall–Kier alpha value is -1.99. The molecule has 1 aromatic carbocycles. The third-order valence-electron chi connectivity index (χ3n) is 6.69. The van der Waals surface area contributed by atoms with Gasteiger partial charge >= 0.3 is 0 Å². The number of halogens is 1. The number of nitrogens with zero attached hydrogens (tertiary/aromatic N) is 2. The van der Waals surface area contributed by atoms with Crippen LogP contribution in [0, 0.1) is 17.7 Å². The van der Waals surface area contributed by atoms with Gasteiger partial charge in [0.2, 0.25) is 11.8 Å². The average molecular weight is 417 g/mol. The summed E-state index contributed by atoms with van der Waals surface area (Å²) < 4.78 is 13.1. The molecule has 30 heavy (non-hydrogen) atoms. The van der Waals surface area contributed by atoms with Gasteiger partial charge < -0.3 is 9.80 Å². The molecule has 6 nitrogen and oxygen atoms in total. The Morgan fingerprint density at radius 3 is 2.63 bits per heavy atom. The molecule has 2 saturated heterocycles. The smallest absolute Gasteiger partial charge is 0.227 e. The molecule has 0 spiro atoms. The van der Waals surface area contributed by atoms with Gasteiger partial charge in [0.25, 0.3) is 0 Å². The van der Waals surface area contributed by atoms with E-state index in [9.17, 15) is 14.0 Å². The summed E-state index contributed by atoms with van der Waals surface area (Å²) >= 11 is 0. The number of amides is 2. The molecule has 1 aliphatic carbocycles. The van der Waals surface area contributed by atoms with Gasteiger partial charge in [0.05, 0.1) is 5.92 Å². The third-order valence-corrected chi connectivity index (χ3v) is 6.69. The van der Waals surface area contributed by atoms with Crippen molar-refractivity contribution in [2.75, 3.05) is 26.7 Å². The van der Waals surface area contributed by atoms with Gasteiger partial charge in [-0.3, -0.25) is 20.4 Å². The fourth-order valence-corrected chi connectivity index (χ4v) is 4.69. The highest BCUT2D eigenvalue weighted by atomic mass is 19.1. The highest BCUT2D eigenvalue weighted by molar-refractivity contribution is 5.83. The summed E-state index contributed by atoms with van der Waals surface area (Å²) in [6.45, 7) is 2.12. The van der Waals surface area contributed by atoms with E-state index in [0.29, 0.717) is 12.6 Å². The molecule has 0 bridgehead atoms. The normalized spacial score (nSPS) is 26.6. The molecule has 2 aliphatic heterocycles. The van der Waals surface area contributed by atoms with Crippen molar-refractivity contribution in [3.05, 3.63) is 35.6 Å². The van der Waals surface area contributed by atoms with Gasteiger partial charge in [-0.25, -0.2) is 4.39 Å². The van der Waals surface area contributed by atoms with E-state index in [0.717, 1.165) is 63.6 Å². The van der Waals surface area contributed by atoms with Gasteiger partial charge in [-0.05, 0) is 62.6 Å². The molecule has 7 heteroatoms. The lowest BCUT2D eigenvalue weighted by molar-refractivity contribution is -0.140. The first-order valence-electron chi connectivity index (χ1n) is 11.3. The van der Waals surface area contributed by atoms with Crippen LogP contribution in [0.25, 0.3) is 0 Å². The van der Waals surface area contributed by atoms with Crippen molar-refractivity contribution in [3.8, 4) is 0 Å². The molecule has 3 unspecified atom stereocenters. The van der Waals surface area contributed by atoms with E-state index in [1.54, 1.807) is 0 Å². The summed E-state index contributed by atoms with van der Waals surface area (Å²) in [6, 6.07) is 7.16. The largest absolute Gasteiger partial charge is 0.345 e. The highest BCUT2D eigenvalue weighted by Gasteiger charge is 2.37. The maximum Gasteiger partial charge on any atom is 0.227 e. The summed E-state index contributed by atoms with van der Waals surface area (Å²) in [5, 5.41) is 0. The second-order valence-electron chi connectivity index (χ2n) is 9.13. The Kier molecular flexibility index (Phi) is 6.68. The number of likely N-dealkylation sites (tertiary alicyclic amines) is 1. The molecule has 4 rings (SSSR count). The first-order chi connectivity index (χ1) is 14.5. The maximum absolute atomic E-state index is 13.1. The van der Waals surface area contributed by atoms with Crippen LogP contribution in [0.5, 0.6) is 0 Å². The van der Waals surface area contributed by atoms with Crippen LogP contribution < -0.4 is 10.9 Å². The van der Waals surface area contributed by atoms with Crippen molar-refractivity contribution in [1.82, 2.24) is 20.7 Å². The van der Waals surface area contributed by atoms with Gasteiger partial charge in [0.1, 0.15) is 5.82 Å².